The van der Waals surface area contributed by atoms with Crippen LogP contribution in [0.4, 0.5) is 5.82 Å². The lowest BCUT2D eigenvalue weighted by Crippen LogP contribution is -1.98. The molecule has 0 bridgehead atoms. The third-order valence-electron chi connectivity index (χ3n) is 2.14. The van der Waals surface area contributed by atoms with Crippen molar-refractivity contribution in [1.29, 1.82) is 0 Å². The zero-order chi connectivity index (χ0) is 11.7. The van der Waals surface area contributed by atoms with E-state index in [9.17, 15) is 10.1 Å². The maximum atomic E-state index is 10.9. The highest BCUT2D eigenvalue weighted by molar-refractivity contribution is 9.24. The third-order valence-corrected chi connectivity index (χ3v) is 3.13. The molecule has 6 heteroatoms. The van der Waals surface area contributed by atoms with Gasteiger partial charge in [0.15, 0.2) is 5.52 Å². The summed E-state index contributed by atoms with van der Waals surface area (Å²) in [7, 11) is 0. The monoisotopic (exact) mass is 344 g/mol. The Morgan fingerprint density at radius 3 is 2.62 bits per heavy atom. The Bertz CT molecular complexity index is 558. The molecule has 82 valence electrons. The number of para-hydroxylation sites is 1. The normalized spacial score (nSPS) is 10.9. The van der Waals surface area contributed by atoms with Crippen LogP contribution < -0.4 is 0 Å². The van der Waals surface area contributed by atoms with Crippen molar-refractivity contribution in [2.75, 3.05) is 0 Å². The maximum absolute atomic E-state index is 10.9. The lowest BCUT2D eigenvalue weighted by atomic mass is 10.1. The van der Waals surface area contributed by atoms with E-state index in [-0.39, 0.29) is 9.55 Å². The van der Waals surface area contributed by atoms with E-state index in [0.717, 1.165) is 5.39 Å². The summed E-state index contributed by atoms with van der Waals surface area (Å²) in [6, 6.07) is 9.06. The highest BCUT2D eigenvalue weighted by Gasteiger charge is 2.21. The Morgan fingerprint density at radius 1 is 1.31 bits per heavy atom. The van der Waals surface area contributed by atoms with E-state index in [1.54, 1.807) is 18.2 Å². The van der Waals surface area contributed by atoms with Crippen molar-refractivity contribution in [3.63, 3.8) is 0 Å². The Hall–Kier alpha value is -1.01. The molecule has 0 saturated heterocycles. The molecule has 16 heavy (non-hydrogen) atoms. The molecule has 4 nitrogen and oxygen atoms in total. The number of benzene rings is 1. The van der Waals surface area contributed by atoms with Gasteiger partial charge in [0.1, 0.15) is 3.74 Å². The average molecular weight is 346 g/mol. The van der Waals surface area contributed by atoms with Gasteiger partial charge in [-0.3, -0.25) is 0 Å². The highest BCUT2D eigenvalue weighted by atomic mass is 79.9. The minimum Gasteiger partial charge on any atom is -0.358 e. The molecule has 0 saturated carbocycles. The van der Waals surface area contributed by atoms with E-state index < -0.39 is 4.92 Å². The van der Waals surface area contributed by atoms with Gasteiger partial charge in [-0.1, -0.05) is 50.1 Å². The number of pyridine rings is 1. The average Bonchev–Trinajstić information content (AvgIpc) is 2.27. The van der Waals surface area contributed by atoms with Crippen LogP contribution in [0, 0.1) is 10.1 Å². The first-order valence-electron chi connectivity index (χ1n) is 4.42. The van der Waals surface area contributed by atoms with Gasteiger partial charge < -0.3 is 10.1 Å². The first kappa shape index (κ1) is 11.5. The van der Waals surface area contributed by atoms with Gasteiger partial charge in [-0.15, -0.1) is 0 Å². The second-order valence-corrected chi connectivity index (χ2v) is 6.21. The molecule has 0 spiro atoms. The maximum Gasteiger partial charge on any atom is 0.369 e. The molecule has 2 aromatic rings. The van der Waals surface area contributed by atoms with Crippen molar-refractivity contribution in [2.24, 2.45) is 0 Å². The molecule has 0 fully saturated rings. The summed E-state index contributed by atoms with van der Waals surface area (Å²) >= 11 is 6.52. The zero-order valence-corrected chi connectivity index (χ0v) is 11.1. The van der Waals surface area contributed by atoms with E-state index in [1.165, 1.54) is 0 Å². The van der Waals surface area contributed by atoms with E-state index >= 15 is 0 Å². The Balaban J connectivity index is 2.76. The summed E-state index contributed by atoms with van der Waals surface area (Å²) in [5.41, 5.74) is 1.14. The quantitative estimate of drug-likeness (QED) is 0.470. The van der Waals surface area contributed by atoms with Crippen molar-refractivity contribution in [2.45, 2.75) is 3.74 Å². The standard InChI is InChI=1S/C10H6Br2N2O2/c11-9(12)7-5-6-3-1-2-4-8(6)13-10(7)14(15)16/h1-5,9H. The summed E-state index contributed by atoms with van der Waals surface area (Å²) in [6.45, 7) is 0. The van der Waals surface area contributed by atoms with Gasteiger partial charge in [0.25, 0.3) is 0 Å². The molecule has 1 aromatic heterocycles. The highest BCUT2D eigenvalue weighted by Crippen LogP contribution is 2.36. The number of nitro groups is 1. The smallest absolute Gasteiger partial charge is 0.358 e. The number of nitrogens with zero attached hydrogens (tertiary/aromatic N) is 2. The number of aromatic nitrogens is 1. The summed E-state index contributed by atoms with van der Waals surface area (Å²) in [6.07, 6.45) is 0. The topological polar surface area (TPSA) is 56.0 Å². The predicted octanol–water partition coefficient (Wildman–Crippen LogP) is 3.93. The number of hydrogen-bond acceptors (Lipinski definition) is 3. The van der Waals surface area contributed by atoms with Gasteiger partial charge in [0, 0.05) is 5.39 Å². The van der Waals surface area contributed by atoms with E-state index in [2.05, 4.69) is 36.8 Å². The van der Waals surface area contributed by atoms with Gasteiger partial charge in [0.05, 0.1) is 5.56 Å². The van der Waals surface area contributed by atoms with Gasteiger partial charge in [-0.2, -0.15) is 0 Å². The van der Waals surface area contributed by atoms with Crippen LogP contribution in [0.3, 0.4) is 0 Å². The van der Waals surface area contributed by atoms with Crippen LogP contribution in [0.15, 0.2) is 30.3 Å². The van der Waals surface area contributed by atoms with Crippen molar-refractivity contribution < 1.29 is 4.92 Å². The van der Waals surface area contributed by atoms with Crippen molar-refractivity contribution in [3.8, 4) is 0 Å². The largest absolute Gasteiger partial charge is 0.369 e. The molecule has 0 unspecified atom stereocenters. The number of alkyl halides is 2. The lowest BCUT2D eigenvalue weighted by molar-refractivity contribution is -0.389. The first-order chi connectivity index (χ1) is 7.59. The molecule has 0 amide bonds. The third kappa shape index (κ3) is 2.08. The second-order valence-electron chi connectivity index (χ2n) is 3.15. The fourth-order valence-corrected chi connectivity index (χ4v) is 2.10. The van der Waals surface area contributed by atoms with Gasteiger partial charge in [-0.25, -0.2) is 0 Å². The predicted molar refractivity (Wildman–Crippen MR) is 69.0 cm³/mol. The molecule has 0 aliphatic carbocycles. The fraction of sp³-hybridized carbons (Fsp3) is 0.100. The molecular weight excluding hydrogens is 340 g/mol. The van der Waals surface area contributed by atoms with E-state index in [1.807, 2.05) is 12.1 Å². The minimum absolute atomic E-state index is 0.127. The Morgan fingerprint density at radius 2 is 2.00 bits per heavy atom. The fourth-order valence-electron chi connectivity index (χ4n) is 1.43. The van der Waals surface area contributed by atoms with E-state index in [0.29, 0.717) is 11.1 Å². The number of fused-ring (bicyclic) bond motifs is 1. The molecule has 0 N–H and O–H groups in total. The minimum atomic E-state index is -0.475. The van der Waals surface area contributed by atoms with Crippen LogP contribution in [-0.4, -0.2) is 9.91 Å². The Kier molecular flexibility index (Phi) is 3.20. The first-order valence-corrected chi connectivity index (χ1v) is 6.25. The molecule has 1 aromatic carbocycles. The molecule has 0 aliphatic heterocycles. The van der Waals surface area contributed by atoms with Crippen LogP contribution in [0.2, 0.25) is 0 Å². The van der Waals surface area contributed by atoms with Crippen LogP contribution in [0.25, 0.3) is 10.9 Å². The molecule has 1 heterocycles. The van der Waals surface area contributed by atoms with Crippen LogP contribution in [0.1, 0.15) is 9.30 Å². The van der Waals surface area contributed by atoms with Gasteiger partial charge in [-0.05, 0) is 22.0 Å². The van der Waals surface area contributed by atoms with Gasteiger partial charge >= 0.3 is 5.82 Å². The molecule has 0 atom stereocenters. The molecule has 0 aliphatic rings. The van der Waals surface area contributed by atoms with Crippen molar-refractivity contribution in [3.05, 3.63) is 46.0 Å². The van der Waals surface area contributed by atoms with Crippen molar-refractivity contribution >= 4 is 48.6 Å². The number of hydrogen-bond donors (Lipinski definition) is 0. The van der Waals surface area contributed by atoms with Crippen LogP contribution in [0.5, 0.6) is 0 Å². The Labute approximate surface area is 108 Å². The van der Waals surface area contributed by atoms with Crippen molar-refractivity contribution in [1.82, 2.24) is 4.98 Å². The summed E-state index contributed by atoms with van der Waals surface area (Å²) in [4.78, 5) is 14.4. The molecule has 0 radical (unpaired) electrons. The van der Waals surface area contributed by atoms with Crippen LogP contribution in [-0.2, 0) is 0 Å². The van der Waals surface area contributed by atoms with E-state index in [4.69, 9.17) is 0 Å². The van der Waals surface area contributed by atoms with Gasteiger partial charge in [0.2, 0.25) is 0 Å². The number of rotatable bonds is 2. The summed E-state index contributed by atoms with van der Waals surface area (Å²) < 4.78 is -0.280. The summed E-state index contributed by atoms with van der Waals surface area (Å²) in [5.74, 6) is -0.127. The van der Waals surface area contributed by atoms with Crippen LogP contribution >= 0.6 is 31.9 Å². The lowest BCUT2D eigenvalue weighted by Gasteiger charge is -2.04. The molecule has 2 rings (SSSR count). The summed E-state index contributed by atoms with van der Waals surface area (Å²) in [5, 5.41) is 11.8. The molecular formula is C10H6Br2N2O2. The number of halogens is 2. The zero-order valence-electron chi connectivity index (χ0n) is 7.93. The second kappa shape index (κ2) is 4.47. The SMILES string of the molecule is O=[N+]([O-])c1nc2ccccc2cc1C(Br)Br.